The zero-order valence-electron chi connectivity index (χ0n) is 7.20. The number of fused-ring (bicyclic) bond motifs is 1. The number of nitrogens with one attached hydrogen (secondary N) is 1. The van der Waals surface area contributed by atoms with Crippen LogP contribution >= 0.6 is 27.5 Å². The van der Waals surface area contributed by atoms with Crippen LogP contribution < -0.4 is 0 Å². The largest absolute Gasteiger partial charge is 0.357 e. The van der Waals surface area contributed by atoms with E-state index < -0.39 is 0 Å². The van der Waals surface area contributed by atoms with Crippen LogP contribution in [-0.4, -0.2) is 4.98 Å². The van der Waals surface area contributed by atoms with Crippen molar-refractivity contribution in [1.29, 1.82) is 0 Å². The Kier molecular flexibility index (Phi) is 2.35. The van der Waals surface area contributed by atoms with E-state index in [4.69, 9.17) is 11.6 Å². The Labute approximate surface area is 90.2 Å². The zero-order valence-corrected chi connectivity index (χ0v) is 9.54. The number of rotatable bonds is 1. The van der Waals surface area contributed by atoms with Gasteiger partial charge in [0.05, 0.1) is 5.02 Å². The van der Waals surface area contributed by atoms with Crippen LogP contribution in [0.3, 0.4) is 0 Å². The van der Waals surface area contributed by atoms with Gasteiger partial charge in [-0.2, -0.15) is 0 Å². The van der Waals surface area contributed by atoms with Crippen LogP contribution in [0.25, 0.3) is 10.9 Å². The highest BCUT2D eigenvalue weighted by atomic mass is 79.9. The molecular formula is C10H9BrClN. The van der Waals surface area contributed by atoms with Gasteiger partial charge >= 0.3 is 0 Å². The molecule has 0 radical (unpaired) electrons. The molecule has 0 saturated carbocycles. The van der Waals surface area contributed by atoms with E-state index in [0.717, 1.165) is 32.5 Å². The molecule has 0 spiro atoms. The fourth-order valence-electron chi connectivity index (χ4n) is 1.43. The average Bonchev–Trinajstić information content (AvgIpc) is 2.44. The number of hydrogen-bond donors (Lipinski definition) is 1. The van der Waals surface area contributed by atoms with Gasteiger partial charge in [-0.25, -0.2) is 0 Å². The fraction of sp³-hybridized carbons (Fsp3) is 0.200. The molecule has 0 aliphatic heterocycles. The van der Waals surface area contributed by atoms with Crippen molar-refractivity contribution in [2.45, 2.75) is 13.3 Å². The van der Waals surface area contributed by atoms with E-state index in [1.807, 2.05) is 18.2 Å². The molecule has 1 N–H and O–H groups in total. The topological polar surface area (TPSA) is 15.8 Å². The molecule has 0 bridgehead atoms. The standard InChI is InChI=1S/C10H9BrClN/c1-2-8-10(12)7-5-6(11)3-4-9(7)13-8/h3-5,13H,2H2,1H3. The Hall–Kier alpha value is -0.470. The molecule has 1 nitrogen and oxygen atoms in total. The molecule has 1 heterocycles. The lowest BCUT2D eigenvalue weighted by molar-refractivity contribution is 1.07. The van der Waals surface area contributed by atoms with Crippen molar-refractivity contribution in [3.8, 4) is 0 Å². The summed E-state index contributed by atoms with van der Waals surface area (Å²) in [6.45, 7) is 2.09. The van der Waals surface area contributed by atoms with E-state index in [9.17, 15) is 0 Å². The van der Waals surface area contributed by atoms with Crippen molar-refractivity contribution in [2.75, 3.05) is 0 Å². The van der Waals surface area contributed by atoms with Crippen molar-refractivity contribution >= 4 is 38.4 Å². The third-order valence-corrected chi connectivity index (χ3v) is 3.05. The summed E-state index contributed by atoms with van der Waals surface area (Å²) in [5.41, 5.74) is 2.21. The highest BCUT2D eigenvalue weighted by Crippen LogP contribution is 2.29. The van der Waals surface area contributed by atoms with Gasteiger partial charge < -0.3 is 4.98 Å². The molecule has 2 aromatic rings. The number of aromatic nitrogens is 1. The molecule has 0 atom stereocenters. The number of aryl methyl sites for hydroxylation is 1. The smallest absolute Gasteiger partial charge is 0.0692 e. The third kappa shape index (κ3) is 1.49. The summed E-state index contributed by atoms with van der Waals surface area (Å²) in [5, 5.41) is 1.94. The van der Waals surface area contributed by atoms with Crippen LogP contribution in [0, 0.1) is 0 Å². The van der Waals surface area contributed by atoms with Gasteiger partial charge in [-0.3, -0.25) is 0 Å². The Morgan fingerprint density at radius 2 is 2.23 bits per heavy atom. The number of H-pyrrole nitrogens is 1. The molecule has 0 unspecified atom stereocenters. The molecular weight excluding hydrogens is 249 g/mol. The van der Waals surface area contributed by atoms with E-state index >= 15 is 0 Å². The predicted octanol–water partition coefficient (Wildman–Crippen LogP) is 4.15. The normalized spacial score (nSPS) is 11.0. The molecule has 68 valence electrons. The summed E-state index contributed by atoms with van der Waals surface area (Å²) in [5.74, 6) is 0. The van der Waals surface area contributed by atoms with Gasteiger partial charge in [0.25, 0.3) is 0 Å². The summed E-state index contributed by atoms with van der Waals surface area (Å²) in [4.78, 5) is 3.29. The maximum Gasteiger partial charge on any atom is 0.0692 e. The number of hydrogen-bond acceptors (Lipinski definition) is 0. The third-order valence-electron chi connectivity index (χ3n) is 2.12. The number of benzene rings is 1. The van der Waals surface area contributed by atoms with Crippen LogP contribution in [0.2, 0.25) is 5.02 Å². The Morgan fingerprint density at radius 1 is 1.46 bits per heavy atom. The van der Waals surface area contributed by atoms with E-state index in [1.165, 1.54) is 0 Å². The minimum absolute atomic E-state index is 0.846. The van der Waals surface area contributed by atoms with Crippen molar-refractivity contribution in [3.05, 3.63) is 33.4 Å². The number of aromatic amines is 1. The highest BCUT2D eigenvalue weighted by molar-refractivity contribution is 9.10. The molecule has 3 heteroatoms. The molecule has 0 aliphatic rings. The lowest BCUT2D eigenvalue weighted by Gasteiger charge is -1.91. The van der Waals surface area contributed by atoms with Crippen molar-refractivity contribution in [1.82, 2.24) is 4.98 Å². The minimum atomic E-state index is 0.846. The first-order valence-electron chi connectivity index (χ1n) is 4.18. The molecule has 0 amide bonds. The van der Waals surface area contributed by atoms with E-state index in [2.05, 4.69) is 27.8 Å². The lowest BCUT2D eigenvalue weighted by atomic mass is 10.2. The first-order valence-corrected chi connectivity index (χ1v) is 5.35. The van der Waals surface area contributed by atoms with Gasteiger partial charge in [0, 0.05) is 21.1 Å². The first-order chi connectivity index (χ1) is 6.22. The van der Waals surface area contributed by atoms with E-state index in [0.29, 0.717) is 0 Å². The summed E-state index contributed by atoms with van der Waals surface area (Å²) in [6.07, 6.45) is 0.936. The molecule has 1 aromatic carbocycles. The van der Waals surface area contributed by atoms with E-state index in [-0.39, 0.29) is 0 Å². The van der Waals surface area contributed by atoms with Crippen LogP contribution in [0.15, 0.2) is 22.7 Å². The van der Waals surface area contributed by atoms with Gasteiger partial charge in [-0.05, 0) is 24.6 Å². The summed E-state index contributed by atoms with van der Waals surface area (Å²) < 4.78 is 1.06. The molecule has 0 aliphatic carbocycles. The highest BCUT2D eigenvalue weighted by Gasteiger charge is 2.07. The summed E-state index contributed by atoms with van der Waals surface area (Å²) >= 11 is 9.60. The van der Waals surface area contributed by atoms with Gasteiger partial charge in [-0.1, -0.05) is 34.5 Å². The summed E-state index contributed by atoms with van der Waals surface area (Å²) in [6, 6.07) is 6.08. The Bertz CT molecular complexity index is 447. The zero-order chi connectivity index (χ0) is 9.42. The molecule has 0 fully saturated rings. The predicted molar refractivity (Wildman–Crippen MR) is 60.4 cm³/mol. The fourth-order valence-corrected chi connectivity index (χ4v) is 2.13. The second-order valence-corrected chi connectivity index (χ2v) is 4.25. The average molecular weight is 259 g/mol. The summed E-state index contributed by atoms with van der Waals surface area (Å²) in [7, 11) is 0. The maximum absolute atomic E-state index is 6.18. The van der Waals surface area contributed by atoms with Gasteiger partial charge in [0.15, 0.2) is 0 Å². The number of halogens is 2. The Morgan fingerprint density at radius 3 is 2.92 bits per heavy atom. The maximum atomic E-state index is 6.18. The van der Waals surface area contributed by atoms with Gasteiger partial charge in [0.2, 0.25) is 0 Å². The second kappa shape index (κ2) is 3.35. The van der Waals surface area contributed by atoms with Crippen LogP contribution in [-0.2, 0) is 6.42 Å². The molecule has 0 saturated heterocycles. The lowest BCUT2D eigenvalue weighted by Crippen LogP contribution is -1.77. The van der Waals surface area contributed by atoms with Gasteiger partial charge in [-0.15, -0.1) is 0 Å². The van der Waals surface area contributed by atoms with Crippen molar-refractivity contribution in [3.63, 3.8) is 0 Å². The molecule has 13 heavy (non-hydrogen) atoms. The molecule has 2 rings (SSSR count). The van der Waals surface area contributed by atoms with E-state index in [1.54, 1.807) is 0 Å². The second-order valence-electron chi connectivity index (χ2n) is 2.96. The quantitative estimate of drug-likeness (QED) is 0.791. The first kappa shape index (κ1) is 9.10. The Balaban J connectivity index is 2.77. The van der Waals surface area contributed by atoms with Gasteiger partial charge in [0.1, 0.15) is 0 Å². The van der Waals surface area contributed by atoms with Crippen molar-refractivity contribution < 1.29 is 0 Å². The monoisotopic (exact) mass is 257 g/mol. The minimum Gasteiger partial charge on any atom is -0.357 e. The van der Waals surface area contributed by atoms with Crippen molar-refractivity contribution in [2.24, 2.45) is 0 Å². The SMILES string of the molecule is CCc1[nH]c2ccc(Br)cc2c1Cl. The van der Waals surface area contributed by atoms with Crippen LogP contribution in [0.1, 0.15) is 12.6 Å². The van der Waals surface area contributed by atoms with Crippen LogP contribution in [0.4, 0.5) is 0 Å². The van der Waals surface area contributed by atoms with Crippen LogP contribution in [0.5, 0.6) is 0 Å². The molecule has 1 aromatic heterocycles.